The normalized spacial score (nSPS) is 17.9. The molecule has 2 atom stereocenters. The largest absolute Gasteiger partial charge is 0.343 e. The Morgan fingerprint density at radius 3 is 2.29 bits per heavy atom. The van der Waals surface area contributed by atoms with Crippen LogP contribution in [0.25, 0.3) is 10.8 Å². The van der Waals surface area contributed by atoms with E-state index in [-0.39, 0.29) is 22.6 Å². The number of benzene rings is 3. The summed E-state index contributed by atoms with van der Waals surface area (Å²) in [4.78, 5) is 12.1. The number of nitrogens with zero attached hydrogens (tertiary/aromatic N) is 1. The average Bonchev–Trinajstić information content (AvgIpc) is 3.15. The summed E-state index contributed by atoms with van der Waals surface area (Å²) < 4.78 is -0.0478. The van der Waals surface area contributed by atoms with E-state index in [2.05, 4.69) is 29.6 Å². The topological polar surface area (TPSA) is 49.3 Å². The minimum absolute atomic E-state index is 0.0478. The van der Waals surface area contributed by atoms with E-state index in [1.807, 2.05) is 48.5 Å². The van der Waals surface area contributed by atoms with Gasteiger partial charge in [-0.3, -0.25) is 4.79 Å². The quantitative estimate of drug-likeness (QED) is 0.632. The maximum atomic E-state index is 12.1. The number of amides is 1. The first-order valence-corrected chi connectivity index (χ1v) is 9.98. The van der Waals surface area contributed by atoms with E-state index in [1.54, 1.807) is 6.92 Å². The Labute approximate surface area is 166 Å². The van der Waals surface area contributed by atoms with Gasteiger partial charge >= 0.3 is 0 Å². The highest BCUT2D eigenvalue weighted by Gasteiger charge is 2.46. The summed E-state index contributed by atoms with van der Waals surface area (Å²) in [5.41, 5.74) is 2.08. The first-order valence-electron chi connectivity index (χ1n) is 9.98. The highest BCUT2D eigenvalue weighted by molar-refractivity contribution is 5.86. The van der Waals surface area contributed by atoms with Gasteiger partial charge in [0.05, 0.1) is 0 Å². The minimum Gasteiger partial charge on any atom is -0.343 e. The van der Waals surface area contributed by atoms with E-state index in [1.165, 1.54) is 0 Å². The van der Waals surface area contributed by atoms with Gasteiger partial charge in [0.1, 0.15) is 19.1 Å². The maximum Gasteiger partial charge on any atom is 0.217 e. The second-order valence-corrected chi connectivity index (χ2v) is 7.74. The van der Waals surface area contributed by atoms with E-state index >= 15 is 0 Å². The standard InChI is InChI=1S/C24H26N2O2/c1-18(27)25-23(20-11-3-2-4-12-20)24(26(28)16-7-8-17-26)22-15-9-13-19-10-5-6-14-21(19)22/h2-6,9-15,23-24,28H,7-8,16-17H2,1H3/p+1/t23-,24?/m0/s1. The summed E-state index contributed by atoms with van der Waals surface area (Å²) in [6, 6.07) is 23.9. The molecule has 0 radical (unpaired) electrons. The predicted molar refractivity (Wildman–Crippen MR) is 111 cm³/mol. The van der Waals surface area contributed by atoms with Crippen molar-refractivity contribution in [1.29, 1.82) is 0 Å². The van der Waals surface area contributed by atoms with Gasteiger partial charge in [-0.15, -0.1) is 0 Å². The molecule has 1 saturated heterocycles. The third-order valence-electron chi connectivity index (χ3n) is 5.83. The number of quaternary nitrogens is 1. The van der Waals surface area contributed by atoms with Gasteiger partial charge in [0.2, 0.25) is 5.91 Å². The predicted octanol–water partition coefficient (Wildman–Crippen LogP) is 4.76. The number of carbonyl (C=O) groups is 1. The summed E-state index contributed by atoms with van der Waals surface area (Å²) in [7, 11) is 0. The Hall–Kier alpha value is -2.69. The van der Waals surface area contributed by atoms with Gasteiger partial charge in [0.25, 0.3) is 0 Å². The van der Waals surface area contributed by atoms with E-state index in [9.17, 15) is 10.0 Å². The molecule has 144 valence electrons. The number of fused-ring (bicyclic) bond motifs is 1. The molecule has 4 heteroatoms. The maximum absolute atomic E-state index is 12.1. The summed E-state index contributed by atoms with van der Waals surface area (Å²) >= 11 is 0. The van der Waals surface area contributed by atoms with Crippen LogP contribution in [0, 0.1) is 0 Å². The molecule has 4 rings (SSSR count). The van der Waals surface area contributed by atoms with E-state index in [0.717, 1.165) is 34.7 Å². The molecular formula is C24H27N2O2+. The molecule has 3 aromatic carbocycles. The number of likely N-dealkylation sites (tertiary alicyclic amines) is 1. The number of hydroxylamine groups is 3. The van der Waals surface area contributed by atoms with Crippen LogP contribution in [-0.4, -0.2) is 28.9 Å². The van der Waals surface area contributed by atoms with Crippen molar-refractivity contribution in [2.45, 2.75) is 31.8 Å². The number of rotatable bonds is 5. The molecule has 0 bridgehead atoms. The van der Waals surface area contributed by atoms with E-state index < -0.39 is 0 Å². The van der Waals surface area contributed by atoms with Crippen LogP contribution in [0.2, 0.25) is 0 Å². The van der Waals surface area contributed by atoms with Crippen LogP contribution in [0.1, 0.15) is 43.0 Å². The molecule has 1 amide bonds. The van der Waals surface area contributed by atoms with Crippen LogP contribution in [0.5, 0.6) is 0 Å². The fourth-order valence-corrected chi connectivity index (χ4v) is 4.61. The van der Waals surface area contributed by atoms with Crippen LogP contribution in [0.15, 0.2) is 72.8 Å². The highest BCUT2D eigenvalue weighted by atomic mass is 16.5. The Morgan fingerprint density at radius 1 is 0.929 bits per heavy atom. The molecule has 2 N–H and O–H groups in total. The molecule has 1 heterocycles. The lowest BCUT2D eigenvalue weighted by atomic mass is 9.88. The van der Waals surface area contributed by atoms with E-state index in [4.69, 9.17) is 0 Å². The van der Waals surface area contributed by atoms with Crippen LogP contribution < -0.4 is 5.32 Å². The van der Waals surface area contributed by atoms with Crippen LogP contribution in [0.3, 0.4) is 0 Å². The molecular weight excluding hydrogens is 348 g/mol. The summed E-state index contributed by atoms with van der Waals surface area (Å²) in [6.45, 7) is 2.93. The third-order valence-corrected chi connectivity index (χ3v) is 5.83. The van der Waals surface area contributed by atoms with Gasteiger partial charge in [-0.1, -0.05) is 72.8 Å². The van der Waals surface area contributed by atoms with Crippen molar-refractivity contribution in [2.75, 3.05) is 13.1 Å². The zero-order chi connectivity index (χ0) is 19.6. The first kappa shape index (κ1) is 18.7. The lowest BCUT2D eigenvalue weighted by Gasteiger charge is -2.39. The molecule has 1 aliphatic heterocycles. The second kappa shape index (κ2) is 7.74. The van der Waals surface area contributed by atoms with Crippen molar-refractivity contribution in [3.63, 3.8) is 0 Å². The molecule has 0 spiro atoms. The van der Waals surface area contributed by atoms with Crippen molar-refractivity contribution >= 4 is 16.7 Å². The zero-order valence-electron chi connectivity index (χ0n) is 16.2. The molecule has 0 saturated carbocycles. The Balaban J connectivity index is 1.93. The van der Waals surface area contributed by atoms with Gasteiger partial charge in [0.15, 0.2) is 6.04 Å². The van der Waals surface area contributed by atoms with Gasteiger partial charge in [-0.05, 0) is 16.3 Å². The Bertz CT molecular complexity index is 959. The fourth-order valence-electron chi connectivity index (χ4n) is 4.61. The van der Waals surface area contributed by atoms with Crippen molar-refractivity contribution in [1.82, 2.24) is 5.32 Å². The van der Waals surface area contributed by atoms with E-state index in [0.29, 0.717) is 13.1 Å². The number of nitrogens with one attached hydrogen (secondary N) is 1. The van der Waals surface area contributed by atoms with Crippen molar-refractivity contribution in [3.05, 3.63) is 83.9 Å². The molecule has 0 aromatic heterocycles. The summed E-state index contributed by atoms with van der Waals surface area (Å²) in [5, 5.41) is 17.1. The first-order chi connectivity index (χ1) is 13.6. The van der Waals surface area contributed by atoms with Crippen molar-refractivity contribution in [2.24, 2.45) is 0 Å². The molecule has 1 unspecified atom stereocenters. The smallest absolute Gasteiger partial charge is 0.217 e. The molecule has 28 heavy (non-hydrogen) atoms. The lowest BCUT2D eigenvalue weighted by Crippen LogP contribution is -2.50. The molecule has 1 aliphatic rings. The number of carbonyl (C=O) groups excluding carboxylic acids is 1. The van der Waals surface area contributed by atoms with Crippen molar-refractivity contribution in [3.8, 4) is 0 Å². The number of hydrogen-bond acceptors (Lipinski definition) is 2. The fraction of sp³-hybridized carbons (Fsp3) is 0.292. The van der Waals surface area contributed by atoms with Gasteiger partial charge in [-0.2, -0.15) is 4.65 Å². The molecule has 0 aliphatic carbocycles. The average molecular weight is 375 g/mol. The lowest BCUT2D eigenvalue weighted by molar-refractivity contribution is -1.12. The van der Waals surface area contributed by atoms with Crippen molar-refractivity contribution < 1.29 is 14.6 Å². The van der Waals surface area contributed by atoms with Gasteiger partial charge in [-0.25, -0.2) is 5.21 Å². The summed E-state index contributed by atoms with van der Waals surface area (Å²) in [6.07, 6.45) is 1.97. The summed E-state index contributed by atoms with van der Waals surface area (Å²) in [5.74, 6) is -0.0927. The minimum atomic E-state index is -0.312. The van der Waals surface area contributed by atoms with Crippen LogP contribution >= 0.6 is 0 Å². The van der Waals surface area contributed by atoms with Crippen LogP contribution in [-0.2, 0) is 4.79 Å². The molecule has 1 fully saturated rings. The number of hydrogen-bond donors (Lipinski definition) is 2. The second-order valence-electron chi connectivity index (χ2n) is 7.74. The molecule has 4 nitrogen and oxygen atoms in total. The molecule has 3 aromatic rings. The SMILES string of the molecule is CC(=O)N[C@@H](c1ccccc1)C(c1cccc2ccccc12)[N+]1(O)CCCC1. The zero-order valence-corrected chi connectivity index (χ0v) is 16.2. The monoisotopic (exact) mass is 375 g/mol. The van der Waals surface area contributed by atoms with Gasteiger partial charge in [0, 0.05) is 25.3 Å². The third kappa shape index (κ3) is 3.53. The van der Waals surface area contributed by atoms with Gasteiger partial charge < -0.3 is 5.32 Å². The van der Waals surface area contributed by atoms with Crippen LogP contribution in [0.4, 0.5) is 0 Å². The Kier molecular flexibility index (Phi) is 5.16. The Morgan fingerprint density at radius 2 is 1.57 bits per heavy atom. The highest BCUT2D eigenvalue weighted by Crippen LogP contribution is 2.43.